The van der Waals surface area contributed by atoms with Gasteiger partial charge in [0.05, 0.1) is 6.42 Å². The van der Waals surface area contributed by atoms with E-state index in [1.54, 1.807) is 24.3 Å². The Labute approximate surface area is 82.1 Å². The van der Waals surface area contributed by atoms with Crippen LogP contribution < -0.4 is 4.74 Å². The molecule has 0 saturated carbocycles. The topological polar surface area (TPSA) is 55.8 Å². The Morgan fingerprint density at radius 3 is 2.79 bits per heavy atom. The molecular weight excluding hydrogens is 184 g/mol. The Kier molecular flexibility index (Phi) is 3.94. The Hall–Kier alpha value is -1.55. The molecule has 14 heavy (non-hydrogen) atoms. The highest BCUT2D eigenvalue weighted by Crippen LogP contribution is 2.18. The molecule has 0 unspecified atom stereocenters. The van der Waals surface area contributed by atoms with Gasteiger partial charge in [-0.25, -0.2) is 0 Å². The lowest BCUT2D eigenvalue weighted by atomic mass is 10.1. The van der Waals surface area contributed by atoms with Crippen LogP contribution in [-0.4, -0.2) is 25.0 Å². The molecule has 1 N–H and O–H groups in total. The molecule has 0 aromatic heterocycles. The molecule has 0 atom stereocenters. The second-order valence-electron chi connectivity index (χ2n) is 2.73. The van der Waals surface area contributed by atoms with Crippen LogP contribution >= 0.6 is 0 Å². The molecule has 1 rings (SSSR count). The van der Waals surface area contributed by atoms with E-state index in [-0.39, 0.29) is 13.2 Å². The fourth-order valence-electron chi connectivity index (χ4n) is 1.08. The van der Waals surface area contributed by atoms with Gasteiger partial charge in [0.25, 0.3) is 0 Å². The van der Waals surface area contributed by atoms with E-state index in [4.69, 9.17) is 14.6 Å². The van der Waals surface area contributed by atoms with Crippen LogP contribution in [0.1, 0.15) is 5.56 Å². The van der Waals surface area contributed by atoms with Crippen LogP contribution in [0.15, 0.2) is 24.3 Å². The molecule has 1 aromatic carbocycles. The van der Waals surface area contributed by atoms with Crippen molar-refractivity contribution < 1.29 is 19.4 Å². The van der Waals surface area contributed by atoms with Crippen LogP contribution in [0.2, 0.25) is 0 Å². The van der Waals surface area contributed by atoms with Crippen molar-refractivity contribution >= 4 is 5.97 Å². The summed E-state index contributed by atoms with van der Waals surface area (Å²) in [6.07, 6.45) is -0.0418. The molecule has 4 nitrogen and oxygen atoms in total. The quantitative estimate of drug-likeness (QED) is 0.721. The van der Waals surface area contributed by atoms with Crippen LogP contribution in [0.5, 0.6) is 5.75 Å². The Bertz CT molecular complexity index is 309. The normalized spacial score (nSPS) is 9.79. The lowest BCUT2D eigenvalue weighted by Crippen LogP contribution is -2.05. The van der Waals surface area contributed by atoms with E-state index < -0.39 is 5.97 Å². The second kappa shape index (κ2) is 5.24. The highest BCUT2D eigenvalue weighted by molar-refractivity contribution is 5.71. The number of carbonyl (C=O) groups is 1. The molecule has 0 aliphatic rings. The van der Waals surface area contributed by atoms with Crippen LogP contribution in [0.25, 0.3) is 0 Å². The van der Waals surface area contributed by atoms with Gasteiger partial charge in [-0.2, -0.15) is 0 Å². The highest BCUT2D eigenvalue weighted by Gasteiger charge is 2.06. The predicted octanol–water partition coefficient (Wildman–Crippen LogP) is 1.30. The number of rotatable bonds is 5. The molecular formula is C10H12O4. The van der Waals surface area contributed by atoms with E-state index in [0.717, 1.165) is 0 Å². The van der Waals surface area contributed by atoms with E-state index >= 15 is 0 Å². The fraction of sp³-hybridized carbons (Fsp3) is 0.300. The van der Waals surface area contributed by atoms with Crippen LogP contribution in [0.4, 0.5) is 0 Å². The number of ether oxygens (including phenoxy) is 2. The summed E-state index contributed by atoms with van der Waals surface area (Å²) in [6, 6.07) is 7.00. The number of aliphatic carboxylic acids is 1. The maximum Gasteiger partial charge on any atom is 0.307 e. The van der Waals surface area contributed by atoms with Crippen molar-refractivity contribution in [3.05, 3.63) is 29.8 Å². The van der Waals surface area contributed by atoms with Gasteiger partial charge in [0.2, 0.25) is 0 Å². The summed E-state index contributed by atoms with van der Waals surface area (Å²) in [6.45, 7) is 0.122. The molecule has 0 bridgehead atoms. The minimum absolute atomic E-state index is 0.0418. The van der Waals surface area contributed by atoms with Gasteiger partial charge in [0.1, 0.15) is 5.75 Å². The van der Waals surface area contributed by atoms with Crippen molar-refractivity contribution in [3.63, 3.8) is 0 Å². The molecule has 0 radical (unpaired) electrons. The monoisotopic (exact) mass is 196 g/mol. The van der Waals surface area contributed by atoms with Crippen LogP contribution in [0.3, 0.4) is 0 Å². The number of hydrogen-bond acceptors (Lipinski definition) is 3. The number of methoxy groups -OCH3 is 1. The maximum absolute atomic E-state index is 10.5. The third-order valence-electron chi connectivity index (χ3n) is 1.65. The Morgan fingerprint density at radius 1 is 1.43 bits per heavy atom. The second-order valence-corrected chi connectivity index (χ2v) is 2.73. The SMILES string of the molecule is COCOc1ccccc1CC(=O)O. The molecule has 0 saturated heterocycles. The molecule has 4 heteroatoms. The van der Waals surface area contributed by atoms with Crippen molar-refractivity contribution in [2.24, 2.45) is 0 Å². The first-order valence-electron chi connectivity index (χ1n) is 4.15. The molecule has 76 valence electrons. The van der Waals surface area contributed by atoms with Crippen molar-refractivity contribution in [2.45, 2.75) is 6.42 Å². The van der Waals surface area contributed by atoms with E-state index in [1.165, 1.54) is 7.11 Å². The number of carboxylic acid groups (broad SMARTS) is 1. The van der Waals surface area contributed by atoms with Gasteiger partial charge in [-0.05, 0) is 6.07 Å². The summed E-state index contributed by atoms with van der Waals surface area (Å²) in [5.74, 6) is -0.324. The van der Waals surface area contributed by atoms with Gasteiger partial charge in [-0.15, -0.1) is 0 Å². The van der Waals surface area contributed by atoms with Gasteiger partial charge >= 0.3 is 5.97 Å². The van der Waals surface area contributed by atoms with Crippen LogP contribution in [-0.2, 0) is 16.0 Å². The third-order valence-corrected chi connectivity index (χ3v) is 1.65. The highest BCUT2D eigenvalue weighted by atomic mass is 16.7. The predicted molar refractivity (Wildman–Crippen MR) is 50.3 cm³/mol. The van der Waals surface area contributed by atoms with E-state index in [9.17, 15) is 4.79 Å². The number of benzene rings is 1. The minimum atomic E-state index is -0.876. The summed E-state index contributed by atoms with van der Waals surface area (Å²) in [5.41, 5.74) is 0.650. The van der Waals surface area contributed by atoms with Crippen molar-refractivity contribution in [2.75, 3.05) is 13.9 Å². The molecule has 0 aliphatic heterocycles. The average Bonchev–Trinajstić information content (AvgIpc) is 2.16. The van der Waals surface area contributed by atoms with Gasteiger partial charge in [0.15, 0.2) is 6.79 Å². The summed E-state index contributed by atoms with van der Waals surface area (Å²) in [4.78, 5) is 10.5. The first-order chi connectivity index (χ1) is 6.74. The summed E-state index contributed by atoms with van der Waals surface area (Å²) in [5, 5.41) is 8.63. The van der Waals surface area contributed by atoms with Gasteiger partial charge < -0.3 is 14.6 Å². The Morgan fingerprint density at radius 2 is 2.14 bits per heavy atom. The Balaban J connectivity index is 2.74. The zero-order valence-corrected chi connectivity index (χ0v) is 7.90. The summed E-state index contributed by atoms with van der Waals surface area (Å²) < 4.78 is 9.94. The zero-order chi connectivity index (χ0) is 10.4. The number of carboxylic acids is 1. The van der Waals surface area contributed by atoms with Crippen molar-refractivity contribution in [1.29, 1.82) is 0 Å². The molecule has 0 spiro atoms. The zero-order valence-electron chi connectivity index (χ0n) is 7.90. The smallest absolute Gasteiger partial charge is 0.307 e. The average molecular weight is 196 g/mol. The molecule has 0 heterocycles. The van der Waals surface area contributed by atoms with Gasteiger partial charge in [-0.3, -0.25) is 4.79 Å². The molecule has 0 amide bonds. The lowest BCUT2D eigenvalue weighted by molar-refractivity contribution is -0.136. The van der Waals surface area contributed by atoms with Crippen molar-refractivity contribution in [3.8, 4) is 5.75 Å². The number of para-hydroxylation sites is 1. The van der Waals surface area contributed by atoms with Gasteiger partial charge in [0, 0.05) is 12.7 Å². The third kappa shape index (κ3) is 3.06. The van der Waals surface area contributed by atoms with E-state index in [2.05, 4.69) is 0 Å². The van der Waals surface area contributed by atoms with E-state index in [1.807, 2.05) is 0 Å². The van der Waals surface area contributed by atoms with Crippen molar-refractivity contribution in [1.82, 2.24) is 0 Å². The summed E-state index contributed by atoms with van der Waals surface area (Å²) >= 11 is 0. The first-order valence-corrected chi connectivity index (χ1v) is 4.15. The maximum atomic E-state index is 10.5. The molecule has 0 fully saturated rings. The number of hydrogen-bond donors (Lipinski definition) is 1. The minimum Gasteiger partial charge on any atom is -0.481 e. The molecule has 1 aromatic rings. The van der Waals surface area contributed by atoms with E-state index in [0.29, 0.717) is 11.3 Å². The summed E-state index contributed by atoms with van der Waals surface area (Å²) in [7, 11) is 1.51. The fourth-order valence-corrected chi connectivity index (χ4v) is 1.08. The van der Waals surface area contributed by atoms with Crippen LogP contribution in [0, 0.1) is 0 Å². The molecule has 0 aliphatic carbocycles. The van der Waals surface area contributed by atoms with Gasteiger partial charge in [-0.1, -0.05) is 18.2 Å². The lowest BCUT2D eigenvalue weighted by Gasteiger charge is -2.08. The largest absolute Gasteiger partial charge is 0.481 e. The standard InChI is InChI=1S/C10H12O4/c1-13-7-14-9-5-3-2-4-8(9)6-10(11)12/h2-5H,6-7H2,1H3,(H,11,12). The first kappa shape index (κ1) is 10.5.